The molecule has 0 aliphatic carbocycles. The van der Waals surface area contributed by atoms with E-state index in [0.717, 1.165) is 12.1 Å². The highest BCUT2D eigenvalue weighted by atomic mass is 19.4. The summed E-state index contributed by atoms with van der Waals surface area (Å²) in [6, 6.07) is 6.45. The van der Waals surface area contributed by atoms with E-state index in [0.29, 0.717) is 5.56 Å². The summed E-state index contributed by atoms with van der Waals surface area (Å²) in [5.74, 6) is -0.312. The van der Waals surface area contributed by atoms with E-state index in [4.69, 9.17) is 14.4 Å². The normalized spacial score (nSPS) is 11.1. The predicted octanol–water partition coefficient (Wildman–Crippen LogP) is 3.75. The van der Waals surface area contributed by atoms with Crippen molar-refractivity contribution in [1.29, 1.82) is 5.26 Å². The Kier molecular flexibility index (Phi) is 3.47. The van der Waals surface area contributed by atoms with Gasteiger partial charge in [-0.25, -0.2) is 0 Å². The quantitative estimate of drug-likeness (QED) is 0.850. The summed E-state index contributed by atoms with van der Waals surface area (Å²) in [5.41, 5.74) is -0.407. The molecule has 98 valence electrons. The zero-order valence-electron chi connectivity index (χ0n) is 9.57. The number of rotatable bonds is 3. The third kappa shape index (κ3) is 3.07. The third-order valence-corrected chi connectivity index (χ3v) is 2.39. The van der Waals surface area contributed by atoms with Crippen molar-refractivity contribution < 1.29 is 22.3 Å². The topological polar surface area (TPSA) is 46.2 Å². The van der Waals surface area contributed by atoms with Crippen LogP contribution >= 0.6 is 0 Å². The van der Waals surface area contributed by atoms with Gasteiger partial charge in [-0.3, -0.25) is 0 Å². The van der Waals surface area contributed by atoms with Crippen LogP contribution in [-0.2, 0) is 12.8 Å². The van der Waals surface area contributed by atoms with Crippen molar-refractivity contribution in [3.8, 4) is 11.8 Å². The standard InChI is InChI=1S/C13H8F3NO2/c14-13(15,16)11-5-9(6-17)1-2-12(11)19-8-10-3-4-18-7-10/h1-5,7H,8H2. The van der Waals surface area contributed by atoms with Crippen LogP contribution in [0.15, 0.2) is 41.2 Å². The van der Waals surface area contributed by atoms with Gasteiger partial charge in [0.2, 0.25) is 0 Å². The lowest BCUT2D eigenvalue weighted by Gasteiger charge is -2.13. The zero-order valence-corrected chi connectivity index (χ0v) is 9.57. The van der Waals surface area contributed by atoms with E-state index in [-0.39, 0.29) is 17.9 Å². The SMILES string of the molecule is N#Cc1ccc(OCc2ccoc2)c(C(F)(F)F)c1. The van der Waals surface area contributed by atoms with Crippen LogP contribution in [-0.4, -0.2) is 0 Å². The second-order valence-electron chi connectivity index (χ2n) is 3.74. The van der Waals surface area contributed by atoms with Gasteiger partial charge >= 0.3 is 6.18 Å². The minimum atomic E-state index is -4.57. The lowest BCUT2D eigenvalue weighted by molar-refractivity contribution is -0.139. The molecule has 0 spiro atoms. The number of hydrogen-bond donors (Lipinski definition) is 0. The van der Waals surface area contributed by atoms with Gasteiger partial charge in [-0.1, -0.05) is 0 Å². The second kappa shape index (κ2) is 5.06. The summed E-state index contributed by atoms with van der Waals surface area (Å²) >= 11 is 0. The smallest absolute Gasteiger partial charge is 0.420 e. The maximum Gasteiger partial charge on any atom is 0.420 e. The molecule has 0 atom stereocenters. The van der Waals surface area contributed by atoms with E-state index in [1.54, 1.807) is 12.1 Å². The molecular weight excluding hydrogens is 259 g/mol. The first-order chi connectivity index (χ1) is 9.00. The Morgan fingerprint density at radius 1 is 1.26 bits per heavy atom. The van der Waals surface area contributed by atoms with Gasteiger partial charge in [-0.15, -0.1) is 0 Å². The summed E-state index contributed by atoms with van der Waals surface area (Å²) < 4.78 is 48.4. The molecule has 0 N–H and O–H groups in total. The van der Waals surface area contributed by atoms with Crippen molar-refractivity contribution in [2.75, 3.05) is 0 Å². The number of hydrogen-bond acceptors (Lipinski definition) is 3. The molecule has 0 aliphatic heterocycles. The Bertz CT molecular complexity index is 597. The maximum absolute atomic E-state index is 12.8. The van der Waals surface area contributed by atoms with Crippen molar-refractivity contribution in [3.05, 3.63) is 53.5 Å². The van der Waals surface area contributed by atoms with E-state index in [2.05, 4.69) is 0 Å². The molecule has 3 nitrogen and oxygen atoms in total. The van der Waals surface area contributed by atoms with Gasteiger partial charge in [0.15, 0.2) is 0 Å². The van der Waals surface area contributed by atoms with Gasteiger partial charge < -0.3 is 9.15 Å². The van der Waals surface area contributed by atoms with Crippen LogP contribution in [0.4, 0.5) is 13.2 Å². The van der Waals surface area contributed by atoms with Gasteiger partial charge in [0.25, 0.3) is 0 Å². The summed E-state index contributed by atoms with van der Waals surface area (Å²) in [6.07, 6.45) is -1.78. The molecule has 0 radical (unpaired) electrons. The monoisotopic (exact) mass is 267 g/mol. The van der Waals surface area contributed by atoms with E-state index < -0.39 is 11.7 Å². The van der Waals surface area contributed by atoms with Gasteiger partial charge in [-0.2, -0.15) is 18.4 Å². The highest BCUT2D eigenvalue weighted by Crippen LogP contribution is 2.37. The molecule has 0 bridgehead atoms. The fourth-order valence-electron chi connectivity index (χ4n) is 1.48. The molecule has 0 aliphatic rings. The van der Waals surface area contributed by atoms with Crippen molar-refractivity contribution in [2.24, 2.45) is 0 Å². The van der Waals surface area contributed by atoms with E-state index >= 15 is 0 Å². The van der Waals surface area contributed by atoms with Crippen molar-refractivity contribution in [3.63, 3.8) is 0 Å². The highest BCUT2D eigenvalue weighted by Gasteiger charge is 2.34. The molecule has 0 amide bonds. The van der Waals surface area contributed by atoms with Crippen LogP contribution in [0.1, 0.15) is 16.7 Å². The lowest BCUT2D eigenvalue weighted by atomic mass is 10.1. The van der Waals surface area contributed by atoms with E-state index in [1.165, 1.54) is 18.6 Å². The summed E-state index contributed by atoms with van der Waals surface area (Å²) in [4.78, 5) is 0. The predicted molar refractivity (Wildman–Crippen MR) is 59.2 cm³/mol. The largest absolute Gasteiger partial charge is 0.488 e. The zero-order chi connectivity index (χ0) is 13.9. The average Bonchev–Trinajstić information content (AvgIpc) is 2.88. The van der Waals surface area contributed by atoms with Gasteiger partial charge in [0.1, 0.15) is 12.4 Å². The summed E-state index contributed by atoms with van der Waals surface area (Å²) in [6.45, 7) is -0.0362. The molecule has 2 aromatic rings. The molecule has 19 heavy (non-hydrogen) atoms. The molecule has 0 saturated carbocycles. The van der Waals surface area contributed by atoms with Gasteiger partial charge in [0.05, 0.1) is 29.7 Å². The Hall–Kier alpha value is -2.42. The Balaban J connectivity index is 2.27. The Morgan fingerprint density at radius 3 is 2.63 bits per heavy atom. The number of alkyl halides is 3. The molecular formula is C13H8F3NO2. The number of benzene rings is 1. The molecule has 0 unspecified atom stereocenters. The molecule has 6 heteroatoms. The lowest BCUT2D eigenvalue weighted by Crippen LogP contribution is -2.09. The number of ether oxygens (including phenoxy) is 1. The first-order valence-electron chi connectivity index (χ1n) is 5.26. The highest BCUT2D eigenvalue weighted by molar-refractivity contribution is 5.43. The second-order valence-corrected chi connectivity index (χ2v) is 3.74. The van der Waals surface area contributed by atoms with Crippen molar-refractivity contribution in [2.45, 2.75) is 12.8 Å². The van der Waals surface area contributed by atoms with Crippen LogP contribution in [0, 0.1) is 11.3 Å². The van der Waals surface area contributed by atoms with Crippen LogP contribution in [0.2, 0.25) is 0 Å². The molecule has 0 saturated heterocycles. The van der Waals surface area contributed by atoms with Crippen LogP contribution in [0.5, 0.6) is 5.75 Å². The van der Waals surface area contributed by atoms with Gasteiger partial charge in [-0.05, 0) is 24.3 Å². The van der Waals surface area contributed by atoms with E-state index in [9.17, 15) is 13.2 Å². The summed E-state index contributed by atoms with van der Waals surface area (Å²) in [7, 11) is 0. The minimum Gasteiger partial charge on any atom is -0.488 e. The van der Waals surface area contributed by atoms with Crippen LogP contribution < -0.4 is 4.74 Å². The van der Waals surface area contributed by atoms with Crippen molar-refractivity contribution in [1.82, 2.24) is 0 Å². The molecule has 2 rings (SSSR count). The number of nitrogens with zero attached hydrogens (tertiary/aromatic N) is 1. The fraction of sp³-hybridized carbons (Fsp3) is 0.154. The first-order valence-corrected chi connectivity index (χ1v) is 5.26. The first kappa shape index (κ1) is 13.0. The number of nitriles is 1. The Labute approximate surface area is 106 Å². The van der Waals surface area contributed by atoms with E-state index in [1.807, 2.05) is 0 Å². The Morgan fingerprint density at radius 2 is 2.05 bits per heavy atom. The fourth-order valence-corrected chi connectivity index (χ4v) is 1.48. The van der Waals surface area contributed by atoms with Crippen molar-refractivity contribution >= 4 is 0 Å². The minimum absolute atomic E-state index is 0.0362. The molecule has 1 aromatic heterocycles. The third-order valence-electron chi connectivity index (χ3n) is 2.39. The molecule has 1 aromatic carbocycles. The molecule has 0 fully saturated rings. The van der Waals surface area contributed by atoms with Crippen LogP contribution in [0.25, 0.3) is 0 Å². The maximum atomic E-state index is 12.8. The average molecular weight is 267 g/mol. The number of halogens is 3. The van der Waals surface area contributed by atoms with Gasteiger partial charge in [0, 0.05) is 5.56 Å². The summed E-state index contributed by atoms with van der Waals surface area (Å²) in [5, 5.41) is 8.63. The number of furan rings is 1. The van der Waals surface area contributed by atoms with Crippen LogP contribution in [0.3, 0.4) is 0 Å². The molecule has 1 heterocycles.